The van der Waals surface area contributed by atoms with Crippen molar-refractivity contribution >= 4 is 17.5 Å². The van der Waals surface area contributed by atoms with Crippen LogP contribution in [0.15, 0.2) is 18.2 Å². The van der Waals surface area contributed by atoms with Gasteiger partial charge >= 0.3 is 0 Å². The van der Waals surface area contributed by atoms with Crippen molar-refractivity contribution in [2.75, 3.05) is 50.8 Å². The molecule has 2 heterocycles. The minimum atomic E-state index is -0.0393. The number of ether oxygens (including phenoxy) is 1. The van der Waals surface area contributed by atoms with Crippen LogP contribution in [0.3, 0.4) is 0 Å². The van der Waals surface area contributed by atoms with Gasteiger partial charge in [0.15, 0.2) is 6.61 Å². The van der Waals surface area contributed by atoms with Crippen molar-refractivity contribution in [1.29, 1.82) is 0 Å². The number of carbonyl (C=O) groups is 2. The molecule has 0 spiro atoms. The minimum Gasteiger partial charge on any atom is -0.482 e. The molecule has 0 saturated carbocycles. The lowest BCUT2D eigenvalue weighted by atomic mass is 9.86. The van der Waals surface area contributed by atoms with Crippen molar-refractivity contribution in [2.24, 2.45) is 0 Å². The fraction of sp³-hybridized carbons (Fsp3) is 0.636. The van der Waals surface area contributed by atoms with E-state index in [1.807, 2.05) is 11.0 Å². The third-order valence-electron chi connectivity index (χ3n) is 5.71. The second-order valence-electron chi connectivity index (χ2n) is 8.69. The van der Waals surface area contributed by atoms with Crippen LogP contribution in [0.25, 0.3) is 0 Å². The van der Waals surface area contributed by atoms with Gasteiger partial charge in [-0.05, 0) is 36.1 Å². The quantitative estimate of drug-likeness (QED) is 0.779. The van der Waals surface area contributed by atoms with Gasteiger partial charge in [-0.15, -0.1) is 0 Å². The number of piperazine rings is 1. The molecule has 6 nitrogen and oxygen atoms in total. The van der Waals surface area contributed by atoms with Crippen LogP contribution in [-0.4, -0.2) is 67.5 Å². The van der Waals surface area contributed by atoms with Crippen molar-refractivity contribution < 1.29 is 14.3 Å². The number of anilines is 1. The molecule has 28 heavy (non-hydrogen) atoms. The number of hydrogen-bond acceptors (Lipinski definition) is 4. The molecular weight excluding hydrogens is 354 g/mol. The maximum absolute atomic E-state index is 12.5. The van der Waals surface area contributed by atoms with Crippen LogP contribution < -0.4 is 9.64 Å². The maximum atomic E-state index is 12.5. The molecule has 6 heteroatoms. The number of benzene rings is 1. The zero-order valence-corrected chi connectivity index (χ0v) is 17.7. The van der Waals surface area contributed by atoms with E-state index in [0.29, 0.717) is 19.4 Å². The van der Waals surface area contributed by atoms with E-state index in [-0.39, 0.29) is 23.8 Å². The molecular formula is C22H33N3O3. The molecule has 0 bridgehead atoms. The van der Waals surface area contributed by atoms with E-state index < -0.39 is 0 Å². The normalized spacial score (nSPS) is 18.1. The molecule has 3 rings (SSSR count). The van der Waals surface area contributed by atoms with Gasteiger partial charge in [-0.2, -0.15) is 0 Å². The zero-order valence-electron chi connectivity index (χ0n) is 17.7. The molecule has 1 aromatic carbocycles. The predicted octanol–water partition coefficient (Wildman–Crippen LogP) is 2.65. The minimum absolute atomic E-state index is 0.00219. The Morgan fingerprint density at radius 1 is 1.14 bits per heavy atom. The number of rotatable bonds is 5. The van der Waals surface area contributed by atoms with Gasteiger partial charge in [-0.25, -0.2) is 0 Å². The van der Waals surface area contributed by atoms with Gasteiger partial charge in [-0.1, -0.05) is 33.8 Å². The lowest BCUT2D eigenvalue weighted by Crippen LogP contribution is -2.48. The molecule has 1 fully saturated rings. The first-order valence-corrected chi connectivity index (χ1v) is 10.4. The Bertz CT molecular complexity index is 718. The molecule has 0 radical (unpaired) electrons. The second kappa shape index (κ2) is 8.52. The number of fused-ring (bicyclic) bond motifs is 1. The van der Waals surface area contributed by atoms with Crippen molar-refractivity contribution in [3.05, 3.63) is 23.8 Å². The molecule has 2 aliphatic rings. The molecule has 154 valence electrons. The standard InChI is InChI=1S/C22H33N3O3/c1-5-23-11-13-24(14-12-23)20(26)7-6-10-25-18-15-17(22(2,3)4)8-9-19(18)28-16-21(25)27/h8-9,15H,5-7,10-14,16H2,1-4H3. The highest BCUT2D eigenvalue weighted by atomic mass is 16.5. The van der Waals surface area contributed by atoms with E-state index >= 15 is 0 Å². The summed E-state index contributed by atoms with van der Waals surface area (Å²) in [6, 6.07) is 6.07. The van der Waals surface area contributed by atoms with E-state index in [1.165, 1.54) is 5.56 Å². The second-order valence-corrected chi connectivity index (χ2v) is 8.69. The summed E-state index contributed by atoms with van der Waals surface area (Å²) in [6.07, 6.45) is 1.14. The van der Waals surface area contributed by atoms with E-state index in [2.05, 4.69) is 44.7 Å². The monoisotopic (exact) mass is 387 g/mol. The lowest BCUT2D eigenvalue weighted by Gasteiger charge is -2.34. The number of likely N-dealkylation sites (N-methyl/N-ethyl adjacent to an activating group) is 1. The summed E-state index contributed by atoms with van der Waals surface area (Å²) in [5.74, 6) is 0.900. The van der Waals surface area contributed by atoms with E-state index in [1.54, 1.807) is 4.90 Å². The smallest absolute Gasteiger partial charge is 0.265 e. The van der Waals surface area contributed by atoms with Crippen LogP contribution in [0.5, 0.6) is 5.75 Å². The number of nitrogens with zero attached hydrogens (tertiary/aromatic N) is 3. The van der Waals surface area contributed by atoms with Crippen molar-refractivity contribution in [3.8, 4) is 5.75 Å². The Morgan fingerprint density at radius 3 is 2.50 bits per heavy atom. The van der Waals surface area contributed by atoms with E-state index in [0.717, 1.165) is 44.2 Å². The Balaban J connectivity index is 1.60. The first-order chi connectivity index (χ1) is 13.3. The van der Waals surface area contributed by atoms with Crippen molar-refractivity contribution in [1.82, 2.24) is 9.80 Å². The van der Waals surface area contributed by atoms with E-state index in [4.69, 9.17) is 4.74 Å². The Morgan fingerprint density at radius 2 is 1.86 bits per heavy atom. The van der Waals surface area contributed by atoms with Gasteiger partial charge < -0.3 is 19.4 Å². The summed E-state index contributed by atoms with van der Waals surface area (Å²) >= 11 is 0. The average molecular weight is 388 g/mol. The summed E-state index contributed by atoms with van der Waals surface area (Å²) < 4.78 is 5.61. The summed E-state index contributed by atoms with van der Waals surface area (Å²) in [5, 5.41) is 0. The van der Waals surface area contributed by atoms with Crippen LogP contribution in [0.4, 0.5) is 5.69 Å². The van der Waals surface area contributed by atoms with Crippen LogP contribution in [0.1, 0.15) is 46.1 Å². The maximum Gasteiger partial charge on any atom is 0.265 e. The molecule has 1 saturated heterocycles. The Kier molecular flexibility index (Phi) is 6.28. The molecule has 0 aromatic heterocycles. The third-order valence-corrected chi connectivity index (χ3v) is 5.71. The van der Waals surface area contributed by atoms with Gasteiger partial charge in [0, 0.05) is 39.1 Å². The lowest BCUT2D eigenvalue weighted by molar-refractivity contribution is -0.133. The van der Waals surface area contributed by atoms with Crippen LogP contribution in [0.2, 0.25) is 0 Å². The zero-order chi connectivity index (χ0) is 20.3. The Labute approximate surface area is 168 Å². The molecule has 0 aliphatic carbocycles. The van der Waals surface area contributed by atoms with Gasteiger partial charge in [0.25, 0.3) is 5.91 Å². The van der Waals surface area contributed by atoms with Crippen molar-refractivity contribution in [2.45, 2.75) is 46.0 Å². The fourth-order valence-corrected chi connectivity index (χ4v) is 3.77. The molecule has 2 aliphatic heterocycles. The molecule has 1 aromatic rings. The molecule has 2 amide bonds. The number of carbonyl (C=O) groups excluding carboxylic acids is 2. The van der Waals surface area contributed by atoms with Gasteiger partial charge in [-0.3, -0.25) is 9.59 Å². The van der Waals surface area contributed by atoms with Gasteiger partial charge in [0.1, 0.15) is 5.75 Å². The largest absolute Gasteiger partial charge is 0.482 e. The van der Waals surface area contributed by atoms with Crippen LogP contribution >= 0.6 is 0 Å². The summed E-state index contributed by atoms with van der Waals surface area (Å²) in [6.45, 7) is 13.8. The highest BCUT2D eigenvalue weighted by Crippen LogP contribution is 2.36. The third kappa shape index (κ3) is 4.66. The highest BCUT2D eigenvalue weighted by molar-refractivity contribution is 5.98. The summed E-state index contributed by atoms with van der Waals surface area (Å²) in [5.41, 5.74) is 1.99. The topological polar surface area (TPSA) is 53.1 Å². The van der Waals surface area contributed by atoms with Gasteiger partial charge in [0.2, 0.25) is 5.91 Å². The molecule has 0 N–H and O–H groups in total. The van der Waals surface area contributed by atoms with Crippen LogP contribution in [0, 0.1) is 0 Å². The first-order valence-electron chi connectivity index (χ1n) is 10.4. The SMILES string of the molecule is CCN1CCN(C(=O)CCCN2C(=O)COc3ccc(C(C)(C)C)cc32)CC1. The highest BCUT2D eigenvalue weighted by Gasteiger charge is 2.28. The molecule has 0 atom stereocenters. The van der Waals surface area contributed by atoms with Crippen molar-refractivity contribution in [3.63, 3.8) is 0 Å². The summed E-state index contributed by atoms with van der Waals surface area (Å²) in [4.78, 5) is 31.1. The summed E-state index contributed by atoms with van der Waals surface area (Å²) in [7, 11) is 0. The van der Waals surface area contributed by atoms with E-state index in [9.17, 15) is 9.59 Å². The fourth-order valence-electron chi connectivity index (χ4n) is 3.77. The van der Waals surface area contributed by atoms with Gasteiger partial charge in [0.05, 0.1) is 5.69 Å². The predicted molar refractivity (Wildman–Crippen MR) is 111 cm³/mol. The number of amides is 2. The molecule has 0 unspecified atom stereocenters. The van der Waals surface area contributed by atoms with Crippen LogP contribution in [-0.2, 0) is 15.0 Å². The Hall–Kier alpha value is -2.08. The number of hydrogen-bond donors (Lipinski definition) is 0. The first kappa shape index (κ1) is 20.6. The average Bonchev–Trinajstić information content (AvgIpc) is 2.68.